The van der Waals surface area contributed by atoms with Gasteiger partial charge in [-0.1, -0.05) is 66.2 Å². The van der Waals surface area contributed by atoms with Gasteiger partial charge in [-0.3, -0.25) is 4.90 Å². The number of hydrogen-bond acceptors (Lipinski definition) is 2. The summed E-state index contributed by atoms with van der Waals surface area (Å²) >= 11 is 6.18. The SMILES string of the molecule is CN(Cc1ccccc1)Cc1nc2ccccc2n1Cc1cccc(Cl)c1. The molecule has 3 nitrogen and oxygen atoms in total. The Morgan fingerprint density at radius 1 is 0.852 bits per heavy atom. The molecule has 0 saturated heterocycles. The van der Waals surface area contributed by atoms with Gasteiger partial charge in [0.15, 0.2) is 0 Å². The molecule has 0 saturated carbocycles. The molecule has 0 bridgehead atoms. The summed E-state index contributed by atoms with van der Waals surface area (Å²) in [4.78, 5) is 7.20. The number of fused-ring (bicyclic) bond motifs is 1. The first-order chi connectivity index (χ1) is 13.2. The quantitative estimate of drug-likeness (QED) is 0.451. The first kappa shape index (κ1) is 17.8. The van der Waals surface area contributed by atoms with Crippen molar-refractivity contribution in [3.63, 3.8) is 0 Å². The Bertz CT molecular complexity index is 1040. The summed E-state index contributed by atoms with van der Waals surface area (Å²) in [5, 5.41) is 0.764. The Kier molecular flexibility index (Phi) is 5.23. The van der Waals surface area contributed by atoms with Crippen molar-refractivity contribution in [2.45, 2.75) is 19.6 Å². The highest BCUT2D eigenvalue weighted by Crippen LogP contribution is 2.20. The zero-order valence-electron chi connectivity index (χ0n) is 15.3. The third-order valence-electron chi connectivity index (χ3n) is 4.67. The molecule has 3 aromatic carbocycles. The fourth-order valence-electron chi connectivity index (χ4n) is 3.43. The van der Waals surface area contributed by atoms with Crippen molar-refractivity contribution >= 4 is 22.6 Å². The van der Waals surface area contributed by atoms with E-state index in [9.17, 15) is 0 Å². The average Bonchev–Trinajstić information content (AvgIpc) is 3.00. The lowest BCUT2D eigenvalue weighted by Gasteiger charge is -2.18. The second-order valence-corrected chi connectivity index (χ2v) is 7.33. The predicted octanol–water partition coefficient (Wildman–Crippen LogP) is 5.37. The van der Waals surface area contributed by atoms with Crippen molar-refractivity contribution in [2.75, 3.05) is 7.05 Å². The van der Waals surface area contributed by atoms with Crippen LogP contribution in [0.15, 0.2) is 78.9 Å². The summed E-state index contributed by atoms with van der Waals surface area (Å²) in [6, 6.07) is 26.9. The smallest absolute Gasteiger partial charge is 0.124 e. The first-order valence-electron chi connectivity index (χ1n) is 9.10. The van der Waals surface area contributed by atoms with Gasteiger partial charge in [-0.25, -0.2) is 4.98 Å². The van der Waals surface area contributed by atoms with Crippen molar-refractivity contribution < 1.29 is 0 Å². The highest BCUT2D eigenvalue weighted by molar-refractivity contribution is 6.30. The molecule has 136 valence electrons. The largest absolute Gasteiger partial charge is 0.322 e. The van der Waals surface area contributed by atoms with E-state index >= 15 is 0 Å². The number of nitrogens with zero attached hydrogens (tertiary/aromatic N) is 3. The van der Waals surface area contributed by atoms with Crippen LogP contribution in [0.4, 0.5) is 0 Å². The van der Waals surface area contributed by atoms with Crippen LogP contribution in [0.25, 0.3) is 11.0 Å². The van der Waals surface area contributed by atoms with Gasteiger partial charge >= 0.3 is 0 Å². The summed E-state index contributed by atoms with van der Waals surface area (Å²) in [5.41, 5.74) is 4.67. The van der Waals surface area contributed by atoms with Crippen LogP contribution in [0, 0.1) is 0 Å². The number of imidazole rings is 1. The van der Waals surface area contributed by atoms with Gasteiger partial charge in [-0.2, -0.15) is 0 Å². The highest BCUT2D eigenvalue weighted by Gasteiger charge is 2.13. The lowest BCUT2D eigenvalue weighted by atomic mass is 10.2. The Morgan fingerprint density at radius 3 is 2.41 bits per heavy atom. The van der Waals surface area contributed by atoms with Gasteiger partial charge in [-0.15, -0.1) is 0 Å². The van der Waals surface area contributed by atoms with E-state index in [4.69, 9.17) is 16.6 Å². The van der Waals surface area contributed by atoms with Crippen LogP contribution in [0.5, 0.6) is 0 Å². The van der Waals surface area contributed by atoms with Gasteiger partial charge in [0.25, 0.3) is 0 Å². The second kappa shape index (κ2) is 7.95. The summed E-state index contributed by atoms with van der Waals surface area (Å²) < 4.78 is 2.29. The minimum atomic E-state index is 0.760. The van der Waals surface area contributed by atoms with Crippen LogP contribution < -0.4 is 0 Å². The summed E-state index contributed by atoms with van der Waals surface area (Å²) in [6.45, 7) is 2.43. The number of halogens is 1. The van der Waals surface area contributed by atoms with Crippen LogP contribution in [0.1, 0.15) is 17.0 Å². The summed E-state index contributed by atoms with van der Waals surface area (Å²) in [6.07, 6.45) is 0. The van der Waals surface area contributed by atoms with Crippen LogP contribution in [0.3, 0.4) is 0 Å². The Balaban J connectivity index is 1.63. The van der Waals surface area contributed by atoms with Gasteiger partial charge in [0.2, 0.25) is 0 Å². The molecule has 0 fully saturated rings. The summed E-state index contributed by atoms with van der Waals surface area (Å²) in [7, 11) is 2.13. The standard InChI is InChI=1S/C23H22ClN3/c1-26(15-18-8-3-2-4-9-18)17-23-25-21-12-5-6-13-22(21)27(23)16-19-10-7-11-20(24)14-19/h2-14H,15-17H2,1H3. The molecular weight excluding hydrogens is 354 g/mol. The van der Waals surface area contributed by atoms with Gasteiger partial charge in [0.1, 0.15) is 5.82 Å². The van der Waals surface area contributed by atoms with E-state index in [1.807, 2.05) is 30.3 Å². The number of benzene rings is 3. The molecule has 0 atom stereocenters. The molecule has 4 heteroatoms. The Morgan fingerprint density at radius 2 is 1.59 bits per heavy atom. The minimum absolute atomic E-state index is 0.760. The minimum Gasteiger partial charge on any atom is -0.322 e. The Labute approximate surface area is 164 Å². The van der Waals surface area contributed by atoms with E-state index in [0.29, 0.717) is 0 Å². The van der Waals surface area contributed by atoms with E-state index in [1.165, 1.54) is 11.1 Å². The molecule has 0 N–H and O–H groups in total. The second-order valence-electron chi connectivity index (χ2n) is 6.89. The molecule has 0 aliphatic rings. The molecule has 0 aliphatic carbocycles. The van der Waals surface area contributed by atoms with Crippen molar-refractivity contribution in [2.24, 2.45) is 0 Å². The fraction of sp³-hybridized carbons (Fsp3) is 0.174. The van der Waals surface area contributed by atoms with Gasteiger partial charge in [0.05, 0.1) is 17.6 Å². The molecule has 0 unspecified atom stereocenters. The zero-order chi connectivity index (χ0) is 18.6. The van der Waals surface area contributed by atoms with Crippen LogP contribution in [0.2, 0.25) is 5.02 Å². The number of para-hydroxylation sites is 2. The normalized spacial score (nSPS) is 11.4. The fourth-order valence-corrected chi connectivity index (χ4v) is 3.65. The van der Waals surface area contributed by atoms with Crippen molar-refractivity contribution in [1.82, 2.24) is 14.5 Å². The van der Waals surface area contributed by atoms with Crippen LogP contribution in [-0.2, 0) is 19.6 Å². The van der Waals surface area contributed by atoms with Gasteiger partial charge in [0, 0.05) is 18.1 Å². The van der Waals surface area contributed by atoms with E-state index in [-0.39, 0.29) is 0 Å². The first-order valence-corrected chi connectivity index (χ1v) is 9.48. The third kappa shape index (κ3) is 4.21. The molecule has 1 aromatic heterocycles. The lowest BCUT2D eigenvalue weighted by Crippen LogP contribution is -2.20. The van der Waals surface area contributed by atoms with Crippen molar-refractivity contribution in [3.05, 3.63) is 101 Å². The number of aromatic nitrogens is 2. The molecule has 1 heterocycles. The predicted molar refractivity (Wildman–Crippen MR) is 112 cm³/mol. The number of rotatable bonds is 6. The molecular formula is C23H22ClN3. The van der Waals surface area contributed by atoms with Gasteiger partial charge in [-0.05, 0) is 42.4 Å². The van der Waals surface area contributed by atoms with Crippen molar-refractivity contribution in [3.8, 4) is 0 Å². The van der Waals surface area contributed by atoms with E-state index in [0.717, 1.165) is 41.5 Å². The van der Waals surface area contributed by atoms with E-state index in [1.54, 1.807) is 0 Å². The molecule has 0 spiro atoms. The molecule has 4 rings (SSSR count). The molecule has 0 aliphatic heterocycles. The monoisotopic (exact) mass is 375 g/mol. The molecule has 27 heavy (non-hydrogen) atoms. The van der Waals surface area contributed by atoms with Crippen LogP contribution in [-0.4, -0.2) is 21.5 Å². The molecule has 4 aromatic rings. The Hall–Kier alpha value is -2.62. The maximum Gasteiger partial charge on any atom is 0.124 e. The molecule has 0 amide bonds. The highest BCUT2D eigenvalue weighted by atomic mass is 35.5. The third-order valence-corrected chi connectivity index (χ3v) is 4.91. The lowest BCUT2D eigenvalue weighted by molar-refractivity contribution is 0.306. The van der Waals surface area contributed by atoms with Crippen molar-refractivity contribution in [1.29, 1.82) is 0 Å². The van der Waals surface area contributed by atoms with Gasteiger partial charge < -0.3 is 4.57 Å². The summed E-state index contributed by atoms with van der Waals surface area (Å²) in [5.74, 6) is 1.06. The van der Waals surface area contributed by atoms with E-state index < -0.39 is 0 Å². The topological polar surface area (TPSA) is 21.1 Å². The van der Waals surface area contributed by atoms with E-state index in [2.05, 4.69) is 65.0 Å². The number of hydrogen-bond donors (Lipinski definition) is 0. The zero-order valence-corrected chi connectivity index (χ0v) is 16.1. The van der Waals surface area contributed by atoms with Crippen LogP contribution >= 0.6 is 11.6 Å². The average molecular weight is 376 g/mol. The maximum absolute atomic E-state index is 6.18. The molecule has 0 radical (unpaired) electrons. The maximum atomic E-state index is 6.18.